The van der Waals surface area contributed by atoms with Gasteiger partial charge in [0.05, 0.1) is 0 Å². The predicted octanol–water partition coefficient (Wildman–Crippen LogP) is -0.0747. The summed E-state index contributed by atoms with van der Waals surface area (Å²) in [6, 6.07) is 0. The van der Waals surface area contributed by atoms with Gasteiger partial charge in [0, 0.05) is 0 Å². The molecule has 0 bridgehead atoms. The van der Waals surface area contributed by atoms with Gasteiger partial charge in [0.2, 0.25) is 0 Å². The van der Waals surface area contributed by atoms with Gasteiger partial charge in [0.1, 0.15) is 0 Å². The first-order valence-corrected chi connectivity index (χ1v) is 2.99. The number of hydrogen-bond donors (Lipinski definition) is 1. The fourth-order valence-electron chi connectivity index (χ4n) is 0.533. The van der Waals surface area contributed by atoms with Crippen LogP contribution in [0.25, 0.3) is 0 Å². The van der Waals surface area contributed by atoms with Crippen LogP contribution in [0.2, 0.25) is 5.28 Å². The second-order valence-electron chi connectivity index (χ2n) is 1.65. The van der Waals surface area contributed by atoms with Gasteiger partial charge in [-0.25, -0.2) is 0 Å². The van der Waals surface area contributed by atoms with E-state index in [9.17, 15) is 0 Å². The summed E-state index contributed by atoms with van der Waals surface area (Å²) in [5.41, 5.74) is 0.289. The second kappa shape index (κ2) is 2.83. The monoisotopic (exact) mass is 154 g/mol. The van der Waals surface area contributed by atoms with E-state index in [4.69, 9.17) is 16.9 Å². The van der Waals surface area contributed by atoms with Crippen molar-refractivity contribution < 1.29 is 0 Å². The molecule has 0 amide bonds. The molecule has 0 aliphatic rings. The fraction of sp³-hybridized carbons (Fsp3) is 0.250. The molecule has 1 aromatic rings. The SMILES string of the molecule is Cc1nc(Cl)nc(B=N)n1. The van der Waals surface area contributed by atoms with Crippen molar-refractivity contribution in [1.29, 1.82) is 5.31 Å². The maximum atomic E-state index is 6.80. The van der Waals surface area contributed by atoms with Crippen molar-refractivity contribution in [3.8, 4) is 0 Å². The quantitative estimate of drug-likeness (QED) is 0.576. The van der Waals surface area contributed by atoms with Gasteiger partial charge in [0.25, 0.3) is 0 Å². The minimum atomic E-state index is 0.131. The summed E-state index contributed by atoms with van der Waals surface area (Å²) in [6.45, 7) is 1.70. The Labute approximate surface area is 63.4 Å². The number of hydrogen-bond acceptors (Lipinski definition) is 4. The summed E-state index contributed by atoms with van der Waals surface area (Å²) in [5, 5.41) is 6.93. The Bertz CT molecular complexity index is 243. The first kappa shape index (κ1) is 7.27. The van der Waals surface area contributed by atoms with Crippen LogP contribution in [0.4, 0.5) is 0 Å². The molecule has 0 saturated carbocycles. The molecule has 0 atom stereocenters. The molecule has 0 fully saturated rings. The fourth-order valence-corrected chi connectivity index (χ4v) is 0.742. The van der Waals surface area contributed by atoms with Crippen molar-refractivity contribution in [2.45, 2.75) is 6.92 Å². The van der Waals surface area contributed by atoms with Crippen molar-refractivity contribution in [2.24, 2.45) is 0 Å². The van der Waals surface area contributed by atoms with Gasteiger partial charge < -0.3 is 0 Å². The summed E-state index contributed by atoms with van der Waals surface area (Å²) < 4.78 is 0. The summed E-state index contributed by atoms with van der Waals surface area (Å²) >= 11 is 5.46. The van der Waals surface area contributed by atoms with Crippen LogP contribution < -0.4 is 5.72 Å². The first-order chi connectivity index (χ1) is 4.72. The number of aryl methyl sites for hydroxylation is 1. The van der Waals surface area contributed by atoms with Crippen molar-refractivity contribution in [3.63, 3.8) is 0 Å². The van der Waals surface area contributed by atoms with E-state index in [1.807, 2.05) is 0 Å². The molecule has 0 spiro atoms. The molecular formula is C4H4BClN4. The van der Waals surface area contributed by atoms with Crippen molar-refractivity contribution in [2.75, 3.05) is 0 Å². The zero-order chi connectivity index (χ0) is 7.56. The van der Waals surface area contributed by atoms with Gasteiger partial charge >= 0.3 is 62.7 Å². The van der Waals surface area contributed by atoms with Crippen LogP contribution in [0, 0.1) is 12.2 Å². The van der Waals surface area contributed by atoms with E-state index >= 15 is 0 Å². The van der Waals surface area contributed by atoms with Gasteiger partial charge in [-0.1, -0.05) is 0 Å². The topological polar surface area (TPSA) is 62.5 Å². The van der Waals surface area contributed by atoms with Crippen molar-refractivity contribution in [1.82, 2.24) is 15.0 Å². The Hall–Kier alpha value is -0.835. The first-order valence-electron chi connectivity index (χ1n) is 2.61. The molecule has 10 heavy (non-hydrogen) atoms. The third-order valence-corrected chi connectivity index (χ3v) is 1.04. The van der Waals surface area contributed by atoms with Gasteiger partial charge in [-0.15, -0.1) is 0 Å². The zero-order valence-electron chi connectivity index (χ0n) is 5.30. The second-order valence-corrected chi connectivity index (χ2v) is 1.99. The number of nitrogens with zero attached hydrogens (tertiary/aromatic N) is 3. The van der Waals surface area contributed by atoms with Crippen LogP contribution in [-0.2, 0) is 0 Å². The van der Waals surface area contributed by atoms with Gasteiger partial charge in [0.15, 0.2) is 0 Å². The molecule has 6 heteroatoms. The molecule has 1 aromatic heterocycles. The normalized spacial score (nSPS) is 9.00. The molecule has 50 valence electrons. The summed E-state index contributed by atoms with van der Waals surface area (Å²) in [6.07, 6.45) is 0. The molecule has 1 N–H and O–H groups in total. The predicted molar refractivity (Wildman–Crippen MR) is 37.7 cm³/mol. The number of halogens is 1. The standard InChI is InChI=1S/C4H4BClN4/c1-2-8-3(5-7)10-4(6)9-2/h7H,1H3. The maximum absolute atomic E-state index is 6.80. The molecule has 0 radical (unpaired) electrons. The molecule has 0 saturated heterocycles. The minimum absolute atomic E-state index is 0.131. The van der Waals surface area contributed by atoms with E-state index in [0.29, 0.717) is 5.82 Å². The Morgan fingerprint density at radius 1 is 1.40 bits per heavy atom. The van der Waals surface area contributed by atoms with Crippen LogP contribution in [0.1, 0.15) is 5.82 Å². The Kier molecular flexibility index (Phi) is 2.06. The third kappa shape index (κ3) is 1.57. The van der Waals surface area contributed by atoms with E-state index in [1.54, 1.807) is 6.92 Å². The van der Waals surface area contributed by atoms with Gasteiger partial charge in [-0.2, -0.15) is 0 Å². The third-order valence-electron chi connectivity index (χ3n) is 0.866. The van der Waals surface area contributed by atoms with Crippen LogP contribution in [0.15, 0.2) is 0 Å². The average molecular weight is 154 g/mol. The average Bonchev–Trinajstić information content (AvgIpc) is 1.85. The Morgan fingerprint density at radius 2 is 2.10 bits per heavy atom. The number of aromatic nitrogens is 3. The molecular weight excluding hydrogens is 150 g/mol. The van der Waals surface area contributed by atoms with E-state index in [0.717, 1.165) is 7.07 Å². The van der Waals surface area contributed by atoms with E-state index < -0.39 is 0 Å². The van der Waals surface area contributed by atoms with Crippen LogP contribution in [-0.4, -0.2) is 22.0 Å². The molecule has 4 nitrogen and oxygen atoms in total. The van der Waals surface area contributed by atoms with Crippen LogP contribution in [0.3, 0.4) is 0 Å². The molecule has 1 heterocycles. The summed E-state index contributed by atoms with van der Waals surface area (Å²) in [7, 11) is 1.03. The molecule has 0 aliphatic carbocycles. The van der Waals surface area contributed by atoms with E-state index in [1.165, 1.54) is 0 Å². The Morgan fingerprint density at radius 3 is 2.60 bits per heavy atom. The van der Waals surface area contributed by atoms with Gasteiger partial charge in [-0.05, 0) is 0 Å². The Balaban J connectivity index is 3.18. The zero-order valence-corrected chi connectivity index (χ0v) is 6.05. The summed E-state index contributed by atoms with van der Waals surface area (Å²) in [4.78, 5) is 11.2. The van der Waals surface area contributed by atoms with Crippen molar-refractivity contribution >= 4 is 24.4 Å². The molecule has 0 unspecified atom stereocenters. The van der Waals surface area contributed by atoms with Crippen molar-refractivity contribution in [3.05, 3.63) is 11.1 Å². The van der Waals surface area contributed by atoms with E-state index in [2.05, 4.69) is 15.0 Å². The summed E-state index contributed by atoms with van der Waals surface area (Å²) in [5.74, 6) is 0.526. The molecule has 1 rings (SSSR count). The van der Waals surface area contributed by atoms with E-state index in [-0.39, 0.29) is 11.0 Å². The van der Waals surface area contributed by atoms with Gasteiger partial charge in [-0.3, -0.25) is 0 Å². The number of rotatable bonds is 1. The number of nitrogens with one attached hydrogen (secondary N) is 1. The van der Waals surface area contributed by atoms with Crippen LogP contribution in [0.5, 0.6) is 0 Å². The molecule has 0 aromatic carbocycles. The molecule has 0 aliphatic heterocycles. The van der Waals surface area contributed by atoms with Crippen LogP contribution >= 0.6 is 11.6 Å².